The highest BCUT2D eigenvalue weighted by Crippen LogP contribution is 2.33. The lowest BCUT2D eigenvalue weighted by Crippen LogP contribution is -2.01. The Morgan fingerprint density at radius 2 is 2.00 bits per heavy atom. The molecule has 0 spiro atoms. The van der Waals surface area contributed by atoms with Crippen LogP contribution < -0.4 is 5.32 Å². The molecule has 0 saturated carbocycles. The molecule has 0 bridgehead atoms. The smallest absolute Gasteiger partial charge is 0.133 e. The van der Waals surface area contributed by atoms with Gasteiger partial charge in [-0.3, -0.25) is 0 Å². The van der Waals surface area contributed by atoms with Gasteiger partial charge in [-0.25, -0.2) is 9.97 Å². The normalized spacial score (nSPS) is 10.5. The quantitative estimate of drug-likeness (QED) is 0.859. The van der Waals surface area contributed by atoms with E-state index in [1.165, 1.54) is 21.6 Å². The summed E-state index contributed by atoms with van der Waals surface area (Å²) in [6, 6.07) is 6.51. The zero-order valence-corrected chi connectivity index (χ0v) is 12.6. The number of hydrogen-bond acceptors (Lipinski definition) is 4. The summed E-state index contributed by atoms with van der Waals surface area (Å²) in [4.78, 5) is 9.95. The number of anilines is 1. The summed E-state index contributed by atoms with van der Waals surface area (Å²) < 4.78 is 0. The van der Waals surface area contributed by atoms with Gasteiger partial charge in [0.25, 0.3) is 0 Å². The van der Waals surface area contributed by atoms with E-state index in [9.17, 15) is 0 Å². The lowest BCUT2D eigenvalue weighted by Gasteiger charge is -2.12. The first kappa shape index (κ1) is 13.9. The molecule has 0 aliphatic rings. The highest BCUT2D eigenvalue weighted by atomic mass is 32.2. The van der Waals surface area contributed by atoms with E-state index in [0.717, 1.165) is 17.3 Å². The topological polar surface area (TPSA) is 37.8 Å². The second-order valence-electron chi connectivity index (χ2n) is 4.48. The third-order valence-electron chi connectivity index (χ3n) is 3.03. The zero-order valence-electron chi connectivity index (χ0n) is 11.8. The van der Waals surface area contributed by atoms with Crippen molar-refractivity contribution in [3.63, 3.8) is 0 Å². The number of aryl methyl sites for hydroxylation is 2. The fraction of sp³-hybridized carbons (Fsp3) is 0.333. The van der Waals surface area contributed by atoms with Gasteiger partial charge in [-0.1, -0.05) is 36.4 Å². The van der Waals surface area contributed by atoms with Gasteiger partial charge in [-0.2, -0.15) is 0 Å². The molecule has 0 aliphatic heterocycles. The molecule has 19 heavy (non-hydrogen) atoms. The lowest BCUT2D eigenvalue weighted by molar-refractivity contribution is 0.946. The van der Waals surface area contributed by atoms with Crippen LogP contribution in [0.15, 0.2) is 34.4 Å². The molecule has 0 aliphatic carbocycles. The van der Waals surface area contributed by atoms with Crippen molar-refractivity contribution < 1.29 is 0 Å². The summed E-state index contributed by atoms with van der Waals surface area (Å²) in [5, 5.41) is 4.17. The van der Waals surface area contributed by atoms with Crippen LogP contribution in [0.2, 0.25) is 0 Å². The monoisotopic (exact) mass is 273 g/mol. The fourth-order valence-corrected chi connectivity index (χ4v) is 3.06. The van der Waals surface area contributed by atoms with Crippen LogP contribution in [0.5, 0.6) is 0 Å². The first-order valence-electron chi connectivity index (χ1n) is 6.42. The van der Waals surface area contributed by atoms with E-state index in [0.29, 0.717) is 0 Å². The van der Waals surface area contributed by atoms with E-state index in [1.54, 1.807) is 18.1 Å². The molecule has 1 aromatic carbocycles. The van der Waals surface area contributed by atoms with E-state index in [2.05, 4.69) is 54.3 Å². The number of hydrogen-bond donors (Lipinski definition) is 1. The average Bonchev–Trinajstić information content (AvgIpc) is 2.41. The van der Waals surface area contributed by atoms with Crippen molar-refractivity contribution in [2.45, 2.75) is 37.1 Å². The maximum absolute atomic E-state index is 4.43. The van der Waals surface area contributed by atoms with E-state index in [-0.39, 0.29) is 0 Å². The van der Waals surface area contributed by atoms with Crippen LogP contribution in [-0.4, -0.2) is 17.0 Å². The molecule has 100 valence electrons. The Kier molecular flexibility index (Phi) is 4.43. The van der Waals surface area contributed by atoms with Crippen LogP contribution in [-0.2, 0) is 6.42 Å². The molecule has 2 rings (SSSR count). The van der Waals surface area contributed by atoms with Crippen LogP contribution in [0.25, 0.3) is 0 Å². The largest absolute Gasteiger partial charge is 0.373 e. The first-order chi connectivity index (χ1) is 9.15. The van der Waals surface area contributed by atoms with Crippen molar-refractivity contribution in [1.29, 1.82) is 0 Å². The predicted octanol–water partition coefficient (Wildman–Crippen LogP) is 3.85. The lowest BCUT2D eigenvalue weighted by atomic mass is 10.2. The number of aromatic nitrogens is 2. The van der Waals surface area contributed by atoms with Crippen molar-refractivity contribution in [1.82, 2.24) is 9.97 Å². The molecule has 4 heteroatoms. The third-order valence-corrected chi connectivity index (χ3v) is 4.26. The van der Waals surface area contributed by atoms with Crippen molar-refractivity contribution in [3.8, 4) is 0 Å². The Bertz CT molecular complexity index is 582. The van der Waals surface area contributed by atoms with Gasteiger partial charge in [-0.05, 0) is 31.9 Å². The van der Waals surface area contributed by atoms with E-state index in [1.807, 2.05) is 7.05 Å². The molecule has 0 unspecified atom stereocenters. The van der Waals surface area contributed by atoms with Gasteiger partial charge in [0.1, 0.15) is 17.2 Å². The molecule has 3 nitrogen and oxygen atoms in total. The summed E-state index contributed by atoms with van der Waals surface area (Å²) in [5.74, 6) is 0.921. The SMILES string of the molecule is CCc1c(NC)ncnc1Sc1ccc(C)cc1C. The van der Waals surface area contributed by atoms with E-state index in [4.69, 9.17) is 0 Å². The van der Waals surface area contributed by atoms with Gasteiger partial charge in [-0.15, -0.1) is 0 Å². The number of nitrogens with one attached hydrogen (secondary N) is 1. The van der Waals surface area contributed by atoms with Crippen LogP contribution in [0, 0.1) is 13.8 Å². The average molecular weight is 273 g/mol. The maximum Gasteiger partial charge on any atom is 0.133 e. The minimum atomic E-state index is 0.921. The van der Waals surface area contributed by atoms with Gasteiger partial charge in [0.2, 0.25) is 0 Å². The molecular formula is C15H19N3S. The van der Waals surface area contributed by atoms with Crippen LogP contribution >= 0.6 is 11.8 Å². The molecule has 1 aromatic heterocycles. The van der Waals surface area contributed by atoms with Crippen molar-refractivity contribution in [2.24, 2.45) is 0 Å². The van der Waals surface area contributed by atoms with Crippen molar-refractivity contribution >= 4 is 17.6 Å². The second-order valence-corrected chi connectivity index (χ2v) is 5.51. The molecule has 0 fully saturated rings. The van der Waals surface area contributed by atoms with Crippen LogP contribution in [0.1, 0.15) is 23.6 Å². The molecule has 0 amide bonds. The van der Waals surface area contributed by atoms with Crippen molar-refractivity contribution in [3.05, 3.63) is 41.2 Å². The van der Waals surface area contributed by atoms with Crippen LogP contribution in [0.3, 0.4) is 0 Å². The molecular weight excluding hydrogens is 254 g/mol. The Morgan fingerprint density at radius 1 is 1.21 bits per heavy atom. The molecule has 0 saturated heterocycles. The van der Waals surface area contributed by atoms with Crippen LogP contribution in [0.4, 0.5) is 5.82 Å². The van der Waals surface area contributed by atoms with Gasteiger partial charge < -0.3 is 5.32 Å². The maximum atomic E-state index is 4.43. The molecule has 1 heterocycles. The van der Waals surface area contributed by atoms with E-state index >= 15 is 0 Å². The first-order valence-corrected chi connectivity index (χ1v) is 7.24. The van der Waals surface area contributed by atoms with Gasteiger partial charge in [0, 0.05) is 17.5 Å². The summed E-state index contributed by atoms with van der Waals surface area (Å²) in [7, 11) is 1.90. The minimum Gasteiger partial charge on any atom is -0.373 e. The number of nitrogens with zero attached hydrogens (tertiary/aromatic N) is 2. The Balaban J connectivity index is 2.37. The van der Waals surface area contributed by atoms with Gasteiger partial charge in [0.05, 0.1) is 0 Å². The van der Waals surface area contributed by atoms with E-state index < -0.39 is 0 Å². The highest BCUT2D eigenvalue weighted by molar-refractivity contribution is 7.99. The zero-order chi connectivity index (χ0) is 13.8. The summed E-state index contributed by atoms with van der Waals surface area (Å²) >= 11 is 1.71. The number of rotatable bonds is 4. The fourth-order valence-electron chi connectivity index (χ4n) is 2.04. The molecule has 2 aromatic rings. The molecule has 0 radical (unpaired) electrons. The summed E-state index contributed by atoms with van der Waals surface area (Å²) in [6.45, 7) is 6.38. The minimum absolute atomic E-state index is 0.921. The summed E-state index contributed by atoms with van der Waals surface area (Å²) in [5.41, 5.74) is 3.75. The molecule has 1 N–H and O–H groups in total. The Hall–Kier alpha value is -1.55. The summed E-state index contributed by atoms with van der Waals surface area (Å²) in [6.07, 6.45) is 2.54. The van der Waals surface area contributed by atoms with Crippen molar-refractivity contribution in [2.75, 3.05) is 12.4 Å². The number of benzene rings is 1. The van der Waals surface area contributed by atoms with Gasteiger partial charge in [0.15, 0.2) is 0 Å². The predicted molar refractivity (Wildman–Crippen MR) is 81.0 cm³/mol. The van der Waals surface area contributed by atoms with Gasteiger partial charge >= 0.3 is 0 Å². The third kappa shape index (κ3) is 3.07. The second kappa shape index (κ2) is 6.06. The Morgan fingerprint density at radius 3 is 2.63 bits per heavy atom. The highest BCUT2D eigenvalue weighted by Gasteiger charge is 2.11. The molecule has 0 atom stereocenters. The Labute approximate surface area is 118 Å². The standard InChI is InChI=1S/C15H19N3S/c1-5-12-14(16-4)17-9-18-15(12)19-13-7-6-10(2)8-11(13)3/h6-9H,5H2,1-4H3,(H,16,17,18).